The van der Waals surface area contributed by atoms with E-state index in [9.17, 15) is 9.59 Å². The Kier molecular flexibility index (Phi) is 6.34. The van der Waals surface area contributed by atoms with Crippen molar-refractivity contribution < 1.29 is 14.3 Å². The van der Waals surface area contributed by atoms with Crippen LogP contribution in [0, 0.1) is 0 Å². The second-order valence-corrected chi connectivity index (χ2v) is 9.01. The number of hydrogen-bond acceptors (Lipinski definition) is 4. The number of likely N-dealkylation sites (tertiary alicyclic amines) is 1. The number of ether oxygens (including phenoxy) is 1. The third-order valence-corrected chi connectivity index (χ3v) is 5.56. The SMILES string of the molecule is CCCc1[nH]nc2c1C(C)(C)CN(C(=O)N1CCCCC1)C=C2C(=O)OC(C)C. The highest BCUT2D eigenvalue weighted by Gasteiger charge is 2.39. The van der Waals surface area contributed by atoms with Gasteiger partial charge in [0.2, 0.25) is 0 Å². The Morgan fingerprint density at radius 3 is 2.55 bits per heavy atom. The van der Waals surface area contributed by atoms with Crippen LogP contribution in [0.1, 0.15) is 77.3 Å². The smallest absolute Gasteiger partial charge is 0.342 e. The first-order valence-electron chi connectivity index (χ1n) is 10.8. The highest BCUT2D eigenvalue weighted by atomic mass is 16.5. The number of aromatic amines is 1. The summed E-state index contributed by atoms with van der Waals surface area (Å²) in [5.41, 5.74) is 2.65. The van der Waals surface area contributed by atoms with Gasteiger partial charge in [0.05, 0.1) is 6.10 Å². The number of nitrogens with zero attached hydrogens (tertiary/aromatic N) is 3. The maximum Gasteiger partial charge on any atom is 0.342 e. The minimum Gasteiger partial charge on any atom is -0.459 e. The molecule has 1 aromatic rings. The predicted octanol–water partition coefficient (Wildman–Crippen LogP) is 3.85. The van der Waals surface area contributed by atoms with E-state index in [0.717, 1.165) is 56.5 Å². The average Bonchev–Trinajstić information content (AvgIpc) is 3.04. The quantitative estimate of drug-likeness (QED) is 0.776. The van der Waals surface area contributed by atoms with Gasteiger partial charge in [0.1, 0.15) is 11.3 Å². The molecule has 7 nitrogen and oxygen atoms in total. The Hall–Kier alpha value is -2.31. The van der Waals surface area contributed by atoms with Crippen molar-refractivity contribution in [2.24, 2.45) is 0 Å². The van der Waals surface area contributed by atoms with Crippen LogP contribution in [-0.2, 0) is 21.4 Å². The number of carbonyl (C=O) groups is 2. The van der Waals surface area contributed by atoms with Crippen LogP contribution < -0.4 is 0 Å². The van der Waals surface area contributed by atoms with Gasteiger partial charge >= 0.3 is 12.0 Å². The van der Waals surface area contributed by atoms with E-state index in [-0.39, 0.29) is 17.6 Å². The Bertz CT molecular complexity index is 788. The lowest BCUT2D eigenvalue weighted by Crippen LogP contribution is -2.46. The molecule has 0 bridgehead atoms. The molecule has 2 aliphatic heterocycles. The number of carbonyl (C=O) groups excluding carboxylic acids is 2. The molecule has 2 aliphatic rings. The first-order chi connectivity index (χ1) is 13.7. The van der Waals surface area contributed by atoms with Crippen molar-refractivity contribution >= 4 is 17.6 Å². The summed E-state index contributed by atoms with van der Waals surface area (Å²) in [5, 5.41) is 7.64. The fourth-order valence-corrected chi connectivity index (χ4v) is 4.32. The van der Waals surface area contributed by atoms with Crippen LogP contribution in [0.25, 0.3) is 5.57 Å². The van der Waals surface area contributed by atoms with E-state index in [1.54, 1.807) is 11.1 Å². The molecule has 1 fully saturated rings. The molecule has 1 aromatic heterocycles. The average molecular weight is 403 g/mol. The van der Waals surface area contributed by atoms with Crippen LogP contribution in [0.15, 0.2) is 6.20 Å². The minimum absolute atomic E-state index is 0.0428. The summed E-state index contributed by atoms with van der Waals surface area (Å²) in [7, 11) is 0. The van der Waals surface area contributed by atoms with Crippen LogP contribution in [0.3, 0.4) is 0 Å². The molecule has 29 heavy (non-hydrogen) atoms. The van der Waals surface area contributed by atoms with E-state index in [1.165, 1.54) is 0 Å². The number of fused-ring (bicyclic) bond motifs is 1. The second-order valence-electron chi connectivity index (χ2n) is 9.01. The van der Waals surface area contributed by atoms with E-state index in [2.05, 4.69) is 31.0 Å². The molecular formula is C22H34N4O3. The van der Waals surface area contributed by atoms with Gasteiger partial charge < -0.3 is 9.64 Å². The molecule has 1 N–H and O–H groups in total. The van der Waals surface area contributed by atoms with Gasteiger partial charge in [0, 0.05) is 42.5 Å². The number of aryl methyl sites for hydroxylation is 1. The lowest BCUT2D eigenvalue weighted by atomic mass is 9.81. The summed E-state index contributed by atoms with van der Waals surface area (Å²) < 4.78 is 5.50. The van der Waals surface area contributed by atoms with Crippen LogP contribution in [0.5, 0.6) is 0 Å². The minimum atomic E-state index is -0.440. The number of H-pyrrole nitrogens is 1. The number of urea groups is 1. The number of esters is 1. The van der Waals surface area contributed by atoms with Crippen molar-refractivity contribution in [2.45, 2.75) is 78.2 Å². The van der Waals surface area contributed by atoms with Crippen molar-refractivity contribution in [3.63, 3.8) is 0 Å². The molecule has 2 amide bonds. The summed E-state index contributed by atoms with van der Waals surface area (Å²) in [5.74, 6) is -0.440. The highest BCUT2D eigenvalue weighted by molar-refractivity contribution is 6.16. The third-order valence-electron chi connectivity index (χ3n) is 5.56. The summed E-state index contributed by atoms with van der Waals surface area (Å²) in [6, 6.07) is -0.0428. The lowest BCUT2D eigenvalue weighted by molar-refractivity contribution is -0.140. The van der Waals surface area contributed by atoms with Crippen molar-refractivity contribution in [1.82, 2.24) is 20.0 Å². The first kappa shape index (κ1) is 21.4. The molecule has 0 radical (unpaired) electrons. The zero-order valence-electron chi connectivity index (χ0n) is 18.4. The largest absolute Gasteiger partial charge is 0.459 e. The molecular weight excluding hydrogens is 368 g/mol. The van der Waals surface area contributed by atoms with Gasteiger partial charge in [-0.05, 0) is 39.5 Å². The zero-order chi connectivity index (χ0) is 21.2. The molecule has 0 saturated carbocycles. The van der Waals surface area contributed by atoms with Gasteiger partial charge in [-0.3, -0.25) is 10.00 Å². The topological polar surface area (TPSA) is 78.5 Å². The van der Waals surface area contributed by atoms with Gasteiger partial charge in [-0.2, -0.15) is 5.10 Å². The monoisotopic (exact) mass is 402 g/mol. The molecule has 0 aromatic carbocycles. The van der Waals surface area contributed by atoms with E-state index < -0.39 is 5.97 Å². The molecule has 0 atom stereocenters. The Morgan fingerprint density at radius 2 is 1.93 bits per heavy atom. The normalized spacial score (nSPS) is 18.9. The number of amides is 2. The molecule has 3 rings (SSSR count). The fraction of sp³-hybridized carbons (Fsp3) is 0.682. The van der Waals surface area contributed by atoms with Crippen LogP contribution in [0.2, 0.25) is 0 Å². The Labute approximate surface area is 173 Å². The van der Waals surface area contributed by atoms with E-state index in [4.69, 9.17) is 4.74 Å². The van der Waals surface area contributed by atoms with Crippen LogP contribution in [0.4, 0.5) is 4.79 Å². The van der Waals surface area contributed by atoms with Crippen molar-refractivity contribution in [1.29, 1.82) is 0 Å². The second kappa shape index (κ2) is 8.59. The number of hydrogen-bond donors (Lipinski definition) is 1. The van der Waals surface area contributed by atoms with Crippen LogP contribution >= 0.6 is 0 Å². The van der Waals surface area contributed by atoms with E-state index >= 15 is 0 Å². The summed E-state index contributed by atoms with van der Waals surface area (Å²) in [4.78, 5) is 29.8. The van der Waals surface area contributed by atoms with Crippen molar-refractivity contribution in [3.05, 3.63) is 23.2 Å². The van der Waals surface area contributed by atoms with Crippen LogP contribution in [-0.4, -0.2) is 57.7 Å². The fourth-order valence-electron chi connectivity index (χ4n) is 4.32. The number of aromatic nitrogens is 2. The third kappa shape index (κ3) is 4.49. The van der Waals surface area contributed by atoms with Gasteiger partial charge in [0.15, 0.2) is 0 Å². The molecule has 3 heterocycles. The number of nitrogens with one attached hydrogen (secondary N) is 1. The molecule has 160 valence electrons. The summed E-state index contributed by atoms with van der Waals surface area (Å²) >= 11 is 0. The molecule has 1 saturated heterocycles. The Morgan fingerprint density at radius 1 is 1.24 bits per heavy atom. The summed E-state index contributed by atoms with van der Waals surface area (Å²) in [6.07, 6.45) is 6.44. The van der Waals surface area contributed by atoms with Gasteiger partial charge in [-0.25, -0.2) is 9.59 Å². The standard InChI is InChI=1S/C22H34N4O3/c1-6-10-17-18-19(24-23-17)16(20(27)29-15(2)3)13-26(14-22(18,4)5)21(28)25-11-8-7-9-12-25/h13,15H,6-12,14H2,1-5H3,(H,23,24). The van der Waals surface area contributed by atoms with Gasteiger partial charge in [0.25, 0.3) is 0 Å². The first-order valence-corrected chi connectivity index (χ1v) is 10.8. The Balaban J connectivity index is 2.05. The molecule has 0 unspecified atom stereocenters. The summed E-state index contributed by atoms with van der Waals surface area (Å²) in [6.45, 7) is 12.0. The highest BCUT2D eigenvalue weighted by Crippen LogP contribution is 2.37. The van der Waals surface area contributed by atoms with E-state index in [1.807, 2.05) is 18.7 Å². The number of piperidine rings is 1. The molecule has 0 aliphatic carbocycles. The molecule has 0 spiro atoms. The lowest BCUT2D eigenvalue weighted by Gasteiger charge is -2.35. The zero-order valence-corrected chi connectivity index (χ0v) is 18.4. The molecule has 7 heteroatoms. The maximum atomic E-state index is 13.3. The van der Waals surface area contributed by atoms with Crippen molar-refractivity contribution in [2.75, 3.05) is 19.6 Å². The van der Waals surface area contributed by atoms with Crippen molar-refractivity contribution in [3.8, 4) is 0 Å². The van der Waals surface area contributed by atoms with Gasteiger partial charge in [-0.1, -0.05) is 27.2 Å². The van der Waals surface area contributed by atoms with Gasteiger partial charge in [-0.15, -0.1) is 0 Å². The maximum absolute atomic E-state index is 13.3. The van der Waals surface area contributed by atoms with E-state index in [0.29, 0.717) is 17.8 Å². The number of rotatable bonds is 4. The predicted molar refractivity (Wildman–Crippen MR) is 112 cm³/mol.